The van der Waals surface area contributed by atoms with E-state index < -0.39 is 0 Å². The lowest BCUT2D eigenvalue weighted by Crippen LogP contribution is -2.46. The molecule has 2 aromatic carbocycles. The minimum atomic E-state index is -0.317. The van der Waals surface area contributed by atoms with Crippen molar-refractivity contribution < 1.29 is 14.4 Å². The van der Waals surface area contributed by atoms with Crippen molar-refractivity contribution in [3.8, 4) is 11.5 Å². The van der Waals surface area contributed by atoms with Crippen LogP contribution >= 0.6 is 0 Å². The first kappa shape index (κ1) is 18.6. The first-order valence-electron chi connectivity index (χ1n) is 9.71. The van der Waals surface area contributed by atoms with Crippen molar-refractivity contribution in [2.75, 3.05) is 31.6 Å². The van der Waals surface area contributed by atoms with Crippen LogP contribution in [-0.4, -0.2) is 48.2 Å². The summed E-state index contributed by atoms with van der Waals surface area (Å²) in [6.07, 6.45) is 1.90. The van der Waals surface area contributed by atoms with E-state index in [1.54, 1.807) is 6.07 Å². The quantitative estimate of drug-likeness (QED) is 0.628. The van der Waals surface area contributed by atoms with E-state index in [0.717, 1.165) is 49.5 Å². The maximum Gasteiger partial charge on any atom is 0.292 e. The minimum absolute atomic E-state index is 0.0256. The average Bonchev–Trinajstić information content (AvgIpc) is 2.70. The van der Waals surface area contributed by atoms with Gasteiger partial charge in [0, 0.05) is 31.7 Å². The zero-order chi connectivity index (χ0) is 19.5. The molecule has 2 aliphatic rings. The molecule has 148 valence electrons. The number of nitro groups is 1. The Morgan fingerprint density at radius 1 is 1.18 bits per heavy atom. The molecule has 0 aromatic heterocycles. The molecule has 1 unspecified atom stereocenters. The van der Waals surface area contributed by atoms with Gasteiger partial charge < -0.3 is 14.8 Å². The number of hydrogen-bond donors (Lipinski definition) is 1. The van der Waals surface area contributed by atoms with E-state index in [2.05, 4.69) is 10.2 Å². The van der Waals surface area contributed by atoms with Crippen molar-refractivity contribution in [3.63, 3.8) is 0 Å². The van der Waals surface area contributed by atoms with Gasteiger partial charge in [0.2, 0.25) is 0 Å². The smallest absolute Gasteiger partial charge is 0.292 e. The van der Waals surface area contributed by atoms with Gasteiger partial charge in [-0.3, -0.25) is 15.0 Å². The van der Waals surface area contributed by atoms with Crippen molar-refractivity contribution in [1.82, 2.24) is 4.90 Å². The van der Waals surface area contributed by atoms with Gasteiger partial charge in [0.05, 0.1) is 4.92 Å². The number of para-hydroxylation sites is 2. The van der Waals surface area contributed by atoms with Crippen LogP contribution in [0.4, 0.5) is 11.4 Å². The summed E-state index contributed by atoms with van der Waals surface area (Å²) in [5.74, 6) is 1.61. The number of fused-ring (bicyclic) bond motifs is 1. The van der Waals surface area contributed by atoms with E-state index >= 15 is 0 Å². The maximum atomic E-state index is 11.3. The van der Waals surface area contributed by atoms with Crippen molar-refractivity contribution in [2.45, 2.75) is 31.9 Å². The first-order valence-corrected chi connectivity index (χ1v) is 9.71. The summed E-state index contributed by atoms with van der Waals surface area (Å²) in [5, 5.41) is 14.7. The molecule has 0 spiro atoms. The van der Waals surface area contributed by atoms with Crippen LogP contribution in [0.2, 0.25) is 0 Å². The molecule has 0 radical (unpaired) electrons. The molecule has 1 atom stereocenters. The molecule has 0 saturated carbocycles. The minimum Gasteiger partial charge on any atom is -0.486 e. The lowest BCUT2D eigenvalue weighted by atomic mass is 10.0. The monoisotopic (exact) mass is 383 g/mol. The Balaban J connectivity index is 1.29. The molecule has 0 aliphatic carbocycles. The van der Waals surface area contributed by atoms with Gasteiger partial charge in [-0.1, -0.05) is 18.2 Å². The third-order valence-corrected chi connectivity index (χ3v) is 5.33. The number of hydrogen-bond acceptors (Lipinski definition) is 6. The first-order chi connectivity index (χ1) is 13.6. The average molecular weight is 383 g/mol. The molecular formula is C21H25N3O4. The van der Waals surface area contributed by atoms with Gasteiger partial charge in [-0.2, -0.15) is 0 Å². The van der Waals surface area contributed by atoms with Crippen molar-refractivity contribution in [3.05, 3.63) is 58.1 Å². The second-order valence-electron chi connectivity index (χ2n) is 7.49. The van der Waals surface area contributed by atoms with E-state index in [1.165, 1.54) is 0 Å². The second-order valence-corrected chi connectivity index (χ2v) is 7.49. The fourth-order valence-electron chi connectivity index (χ4n) is 3.84. The van der Waals surface area contributed by atoms with Crippen LogP contribution in [0, 0.1) is 17.0 Å². The van der Waals surface area contributed by atoms with E-state index in [4.69, 9.17) is 9.47 Å². The number of anilines is 1. The molecule has 2 aromatic rings. The number of nitrogens with zero attached hydrogens (tertiary/aromatic N) is 2. The Kier molecular flexibility index (Phi) is 5.34. The molecule has 28 heavy (non-hydrogen) atoms. The van der Waals surface area contributed by atoms with Gasteiger partial charge in [-0.15, -0.1) is 0 Å². The number of rotatable bonds is 5. The van der Waals surface area contributed by atoms with Crippen LogP contribution in [0.25, 0.3) is 0 Å². The zero-order valence-electron chi connectivity index (χ0n) is 16.0. The van der Waals surface area contributed by atoms with Crippen molar-refractivity contribution >= 4 is 11.4 Å². The molecule has 1 N–H and O–H groups in total. The van der Waals surface area contributed by atoms with Crippen LogP contribution in [0.1, 0.15) is 18.4 Å². The summed E-state index contributed by atoms with van der Waals surface area (Å²) in [6, 6.07) is 13.3. The molecule has 1 saturated heterocycles. The molecule has 7 nitrogen and oxygen atoms in total. The van der Waals surface area contributed by atoms with Gasteiger partial charge in [0.25, 0.3) is 5.69 Å². The summed E-state index contributed by atoms with van der Waals surface area (Å²) in [6.45, 7) is 5.11. The molecule has 0 amide bonds. The van der Waals surface area contributed by atoms with Crippen LogP contribution < -0.4 is 14.8 Å². The van der Waals surface area contributed by atoms with Gasteiger partial charge in [0.1, 0.15) is 18.4 Å². The van der Waals surface area contributed by atoms with Gasteiger partial charge in [0.15, 0.2) is 11.5 Å². The summed E-state index contributed by atoms with van der Waals surface area (Å²) in [5.41, 5.74) is 1.65. The molecule has 4 rings (SSSR count). The maximum absolute atomic E-state index is 11.3. The Bertz CT molecular complexity index is 849. The van der Waals surface area contributed by atoms with E-state index in [-0.39, 0.29) is 22.8 Å². The standard InChI is InChI=1S/C21H25N3O4/c1-15-6-7-18(19(12-15)24(25)26)22-16-8-10-23(11-9-16)13-17-14-27-20-4-2-3-5-21(20)28-17/h2-7,12,16-17,22H,8-11,13-14H2,1H3. The molecule has 0 bridgehead atoms. The molecule has 1 fully saturated rings. The van der Waals surface area contributed by atoms with Crippen LogP contribution in [0.5, 0.6) is 11.5 Å². The summed E-state index contributed by atoms with van der Waals surface area (Å²) >= 11 is 0. The highest BCUT2D eigenvalue weighted by atomic mass is 16.6. The molecule has 2 aliphatic heterocycles. The SMILES string of the molecule is Cc1ccc(NC2CCN(CC3COc4ccccc4O3)CC2)c([N+](=O)[O-])c1. The zero-order valence-corrected chi connectivity index (χ0v) is 16.0. The lowest BCUT2D eigenvalue weighted by Gasteiger charge is -2.36. The van der Waals surface area contributed by atoms with Crippen LogP contribution in [0.15, 0.2) is 42.5 Å². The topological polar surface area (TPSA) is 76.9 Å². The van der Waals surface area contributed by atoms with Gasteiger partial charge >= 0.3 is 0 Å². The van der Waals surface area contributed by atoms with Crippen LogP contribution in [-0.2, 0) is 0 Å². The number of ether oxygens (including phenoxy) is 2. The van der Waals surface area contributed by atoms with E-state index in [9.17, 15) is 10.1 Å². The molecular weight excluding hydrogens is 358 g/mol. The number of aryl methyl sites for hydroxylation is 1. The third kappa shape index (κ3) is 4.20. The molecule has 7 heteroatoms. The number of piperidine rings is 1. The predicted octanol–water partition coefficient (Wildman–Crippen LogP) is 3.62. The number of nitro benzene ring substituents is 1. The number of benzene rings is 2. The molecule has 2 heterocycles. The van der Waals surface area contributed by atoms with Crippen molar-refractivity contribution in [2.24, 2.45) is 0 Å². The van der Waals surface area contributed by atoms with Crippen LogP contribution in [0.3, 0.4) is 0 Å². The predicted molar refractivity (Wildman–Crippen MR) is 107 cm³/mol. The highest BCUT2D eigenvalue weighted by Crippen LogP contribution is 2.31. The lowest BCUT2D eigenvalue weighted by molar-refractivity contribution is -0.384. The fourth-order valence-corrected chi connectivity index (χ4v) is 3.84. The Morgan fingerprint density at radius 3 is 2.68 bits per heavy atom. The Labute approximate surface area is 164 Å². The fraction of sp³-hybridized carbons (Fsp3) is 0.429. The Morgan fingerprint density at radius 2 is 1.93 bits per heavy atom. The highest BCUT2D eigenvalue weighted by Gasteiger charge is 2.27. The van der Waals surface area contributed by atoms with Gasteiger partial charge in [-0.25, -0.2) is 0 Å². The summed E-state index contributed by atoms with van der Waals surface area (Å²) in [7, 11) is 0. The Hall–Kier alpha value is -2.80. The van der Waals surface area contributed by atoms with Crippen molar-refractivity contribution in [1.29, 1.82) is 0 Å². The van der Waals surface area contributed by atoms with Gasteiger partial charge in [-0.05, 0) is 43.5 Å². The summed E-state index contributed by atoms with van der Waals surface area (Å²) in [4.78, 5) is 13.4. The highest BCUT2D eigenvalue weighted by molar-refractivity contribution is 5.63. The van der Waals surface area contributed by atoms with E-state index in [1.807, 2.05) is 43.3 Å². The summed E-state index contributed by atoms with van der Waals surface area (Å²) < 4.78 is 11.8. The number of nitrogens with one attached hydrogen (secondary N) is 1. The largest absolute Gasteiger partial charge is 0.486 e. The second kappa shape index (κ2) is 8.06. The number of likely N-dealkylation sites (tertiary alicyclic amines) is 1. The van der Waals surface area contributed by atoms with E-state index in [0.29, 0.717) is 12.3 Å². The normalized spacial score (nSPS) is 20.0. The third-order valence-electron chi connectivity index (χ3n) is 5.33.